The molecule has 0 fully saturated rings. The molecule has 0 bridgehead atoms. The van der Waals surface area contributed by atoms with E-state index >= 15 is 0 Å². The monoisotopic (exact) mass is 297 g/mol. The normalized spacial score (nSPS) is 11.2. The number of aromatic carboxylic acids is 1. The molecule has 1 N–H and O–H groups in total. The molecular formula is C14H10F3NO3. The van der Waals surface area contributed by atoms with Gasteiger partial charge >= 0.3 is 12.1 Å². The van der Waals surface area contributed by atoms with Gasteiger partial charge in [0.15, 0.2) is 0 Å². The maximum absolute atomic E-state index is 12.9. The Morgan fingerprint density at radius 1 is 1.29 bits per heavy atom. The highest BCUT2D eigenvalue weighted by Gasteiger charge is 2.32. The van der Waals surface area contributed by atoms with Crippen molar-refractivity contribution in [3.8, 4) is 16.9 Å². The fourth-order valence-electron chi connectivity index (χ4n) is 1.85. The first-order valence-electron chi connectivity index (χ1n) is 5.77. The quantitative estimate of drug-likeness (QED) is 0.942. The summed E-state index contributed by atoms with van der Waals surface area (Å²) in [4.78, 5) is 14.8. The molecule has 0 amide bonds. The number of halogens is 3. The van der Waals surface area contributed by atoms with Crippen LogP contribution in [0, 0.1) is 0 Å². The van der Waals surface area contributed by atoms with Gasteiger partial charge in [0.2, 0.25) is 0 Å². The molecule has 1 heterocycles. The van der Waals surface area contributed by atoms with Crippen LogP contribution in [0.25, 0.3) is 11.1 Å². The van der Waals surface area contributed by atoms with Crippen molar-refractivity contribution in [2.45, 2.75) is 6.18 Å². The van der Waals surface area contributed by atoms with E-state index in [1.165, 1.54) is 25.6 Å². The van der Waals surface area contributed by atoms with Crippen molar-refractivity contribution in [3.05, 3.63) is 47.8 Å². The molecule has 2 rings (SSSR count). The molecule has 110 valence electrons. The lowest BCUT2D eigenvalue weighted by Crippen LogP contribution is -2.08. The Balaban J connectivity index is 2.68. The van der Waals surface area contributed by atoms with E-state index in [9.17, 15) is 18.0 Å². The number of carbonyl (C=O) groups is 1. The van der Waals surface area contributed by atoms with Gasteiger partial charge in [-0.05, 0) is 29.8 Å². The van der Waals surface area contributed by atoms with Crippen LogP contribution in [0.15, 0.2) is 36.7 Å². The molecule has 4 nitrogen and oxygen atoms in total. The van der Waals surface area contributed by atoms with Crippen molar-refractivity contribution >= 4 is 5.97 Å². The summed E-state index contributed by atoms with van der Waals surface area (Å²) in [5, 5.41) is 8.96. The molecule has 0 saturated heterocycles. The van der Waals surface area contributed by atoms with Crippen LogP contribution >= 0.6 is 0 Å². The Labute approximate surface area is 117 Å². The van der Waals surface area contributed by atoms with Crippen LogP contribution in [0.1, 0.15) is 15.9 Å². The lowest BCUT2D eigenvalue weighted by atomic mass is 10.00. The molecular weight excluding hydrogens is 287 g/mol. The third kappa shape index (κ3) is 3.13. The molecule has 0 aliphatic carbocycles. The molecule has 0 unspecified atom stereocenters. The average Bonchev–Trinajstić information content (AvgIpc) is 2.45. The summed E-state index contributed by atoms with van der Waals surface area (Å²) >= 11 is 0. The van der Waals surface area contributed by atoms with Crippen LogP contribution in [0.5, 0.6) is 5.75 Å². The summed E-state index contributed by atoms with van der Waals surface area (Å²) in [5.74, 6) is -1.13. The third-order valence-corrected chi connectivity index (χ3v) is 2.82. The molecule has 1 aromatic heterocycles. The first kappa shape index (κ1) is 14.8. The molecule has 0 radical (unpaired) electrons. The van der Waals surface area contributed by atoms with Gasteiger partial charge in [0.25, 0.3) is 0 Å². The summed E-state index contributed by atoms with van der Waals surface area (Å²) in [6, 6.07) is 4.09. The van der Waals surface area contributed by atoms with Crippen molar-refractivity contribution in [1.82, 2.24) is 4.98 Å². The topological polar surface area (TPSA) is 59.4 Å². The minimum Gasteiger partial charge on any atom is -0.496 e. The number of hydrogen-bond acceptors (Lipinski definition) is 3. The maximum atomic E-state index is 12.9. The van der Waals surface area contributed by atoms with Crippen molar-refractivity contribution < 1.29 is 27.8 Å². The van der Waals surface area contributed by atoms with Crippen LogP contribution in [-0.4, -0.2) is 23.2 Å². The Morgan fingerprint density at radius 2 is 2.00 bits per heavy atom. The average molecular weight is 297 g/mol. The van der Waals surface area contributed by atoms with Gasteiger partial charge in [-0.25, -0.2) is 4.79 Å². The predicted molar refractivity (Wildman–Crippen MR) is 68.2 cm³/mol. The van der Waals surface area contributed by atoms with Gasteiger partial charge in [0.1, 0.15) is 5.75 Å². The van der Waals surface area contributed by atoms with E-state index in [0.29, 0.717) is 11.8 Å². The Kier molecular flexibility index (Phi) is 3.84. The first-order valence-corrected chi connectivity index (χ1v) is 5.77. The zero-order valence-corrected chi connectivity index (χ0v) is 10.8. The van der Waals surface area contributed by atoms with Crippen molar-refractivity contribution in [2.24, 2.45) is 0 Å². The number of alkyl halides is 3. The molecule has 1 aromatic carbocycles. The van der Waals surface area contributed by atoms with Gasteiger partial charge in [-0.3, -0.25) is 4.98 Å². The third-order valence-electron chi connectivity index (χ3n) is 2.82. The van der Waals surface area contributed by atoms with Crippen LogP contribution in [0.2, 0.25) is 0 Å². The van der Waals surface area contributed by atoms with Crippen molar-refractivity contribution in [3.63, 3.8) is 0 Å². The van der Waals surface area contributed by atoms with Crippen LogP contribution < -0.4 is 4.74 Å². The summed E-state index contributed by atoms with van der Waals surface area (Å²) in [6.45, 7) is 0. The van der Waals surface area contributed by atoms with Crippen molar-refractivity contribution in [1.29, 1.82) is 0 Å². The van der Waals surface area contributed by atoms with Gasteiger partial charge in [-0.1, -0.05) is 0 Å². The Bertz CT molecular complexity index is 683. The Hall–Kier alpha value is -2.57. The zero-order valence-electron chi connectivity index (χ0n) is 10.8. The molecule has 21 heavy (non-hydrogen) atoms. The highest BCUT2D eigenvalue weighted by molar-refractivity contribution is 5.90. The summed E-state index contributed by atoms with van der Waals surface area (Å²) < 4.78 is 43.7. The molecule has 0 spiro atoms. The molecule has 7 heteroatoms. The number of aromatic nitrogens is 1. The van der Waals surface area contributed by atoms with Gasteiger partial charge in [-0.2, -0.15) is 13.2 Å². The largest absolute Gasteiger partial charge is 0.496 e. The molecule has 0 atom stereocenters. The van der Waals surface area contributed by atoms with Crippen LogP contribution in [-0.2, 0) is 6.18 Å². The summed E-state index contributed by atoms with van der Waals surface area (Å²) in [7, 11) is 1.37. The highest BCUT2D eigenvalue weighted by atomic mass is 19.4. The van der Waals surface area contributed by atoms with Gasteiger partial charge in [0, 0.05) is 18.0 Å². The van der Waals surface area contributed by atoms with Gasteiger partial charge in [0.05, 0.1) is 18.2 Å². The van der Waals surface area contributed by atoms with Gasteiger partial charge in [-0.15, -0.1) is 0 Å². The number of ether oxygens (including phenoxy) is 1. The second-order valence-electron chi connectivity index (χ2n) is 4.18. The van der Waals surface area contributed by atoms with E-state index in [2.05, 4.69) is 4.98 Å². The Morgan fingerprint density at radius 3 is 2.57 bits per heavy atom. The SMILES string of the molecule is COc1ccncc1-c1cc(C(=O)O)cc(C(F)(F)F)c1. The predicted octanol–water partition coefficient (Wildman–Crippen LogP) is 3.47. The van der Waals surface area contributed by atoms with E-state index in [1.54, 1.807) is 0 Å². The molecule has 0 aliphatic heterocycles. The van der Waals surface area contributed by atoms with Crippen molar-refractivity contribution in [2.75, 3.05) is 7.11 Å². The highest BCUT2D eigenvalue weighted by Crippen LogP contribution is 2.36. The van der Waals surface area contributed by atoms with E-state index < -0.39 is 23.3 Å². The summed E-state index contributed by atoms with van der Waals surface area (Å²) in [6.07, 6.45) is -1.90. The number of hydrogen-bond donors (Lipinski definition) is 1. The standard InChI is InChI=1S/C14H10F3NO3/c1-21-12-2-3-18-7-11(12)8-4-9(13(19)20)6-10(5-8)14(15,16)17/h2-7H,1H3,(H,19,20). The first-order chi connectivity index (χ1) is 9.82. The number of benzene rings is 1. The number of carboxylic acids is 1. The number of nitrogens with zero attached hydrogens (tertiary/aromatic N) is 1. The fraction of sp³-hybridized carbons (Fsp3) is 0.143. The van der Waals surface area contributed by atoms with Gasteiger partial charge < -0.3 is 9.84 Å². The lowest BCUT2D eigenvalue weighted by Gasteiger charge is -2.12. The molecule has 2 aromatic rings. The van der Waals surface area contributed by atoms with Crippen LogP contribution in [0.4, 0.5) is 13.2 Å². The molecule has 0 aliphatic rings. The number of rotatable bonds is 3. The number of carboxylic acid groups (broad SMARTS) is 1. The van der Waals surface area contributed by atoms with Crippen LogP contribution in [0.3, 0.4) is 0 Å². The minimum atomic E-state index is -4.64. The maximum Gasteiger partial charge on any atom is 0.416 e. The second kappa shape index (κ2) is 5.43. The van der Waals surface area contributed by atoms with E-state index in [4.69, 9.17) is 9.84 Å². The smallest absolute Gasteiger partial charge is 0.416 e. The second-order valence-corrected chi connectivity index (χ2v) is 4.18. The zero-order chi connectivity index (χ0) is 15.6. The fourth-order valence-corrected chi connectivity index (χ4v) is 1.85. The van der Waals surface area contributed by atoms with E-state index in [-0.39, 0.29) is 11.1 Å². The summed E-state index contributed by atoms with van der Waals surface area (Å²) in [5.41, 5.74) is -1.13. The molecule has 0 saturated carbocycles. The minimum absolute atomic E-state index is 0.0761. The lowest BCUT2D eigenvalue weighted by molar-refractivity contribution is -0.137. The number of pyridine rings is 1. The number of methoxy groups -OCH3 is 1. The van der Waals surface area contributed by atoms with E-state index in [1.807, 2.05) is 0 Å². The van der Waals surface area contributed by atoms with E-state index in [0.717, 1.165) is 12.1 Å².